The molecule has 0 aromatic heterocycles. The predicted molar refractivity (Wildman–Crippen MR) is 118 cm³/mol. The fourth-order valence-electron chi connectivity index (χ4n) is 4.55. The van der Waals surface area contributed by atoms with Crippen LogP contribution in [0.15, 0.2) is 72.8 Å². The zero-order valence-corrected chi connectivity index (χ0v) is 18.3. The Balaban J connectivity index is 1.59. The number of likely N-dealkylation sites (tertiary alicyclic amines) is 1. The third-order valence-corrected chi connectivity index (χ3v) is 8.25. The summed E-state index contributed by atoms with van der Waals surface area (Å²) in [4.78, 5) is 2.78. The van der Waals surface area contributed by atoms with Crippen molar-refractivity contribution in [1.29, 1.82) is 0 Å². The molecule has 2 heteroatoms. The van der Waals surface area contributed by atoms with Crippen molar-refractivity contribution in [1.82, 2.24) is 4.90 Å². The standard InChI is InChI=1S/C25H29NSe/c1-19(23-15-9-11-20-10-7-8-14-24(20)23)26-18-25(2,3)16-21(26)17-27-22-12-5-4-6-13-22/h4-15,19,21H,16-18H2,1-3H3. The molecule has 0 bridgehead atoms. The fraction of sp³-hybridized carbons (Fsp3) is 0.360. The summed E-state index contributed by atoms with van der Waals surface area (Å²) in [6, 6.07) is 27.8. The van der Waals surface area contributed by atoms with E-state index in [1.54, 1.807) is 0 Å². The molecule has 0 saturated carbocycles. The van der Waals surface area contributed by atoms with Gasteiger partial charge in [0.2, 0.25) is 0 Å². The summed E-state index contributed by atoms with van der Waals surface area (Å²) in [5, 5.41) is 4.06. The van der Waals surface area contributed by atoms with Gasteiger partial charge < -0.3 is 0 Å². The minimum atomic E-state index is 0.399. The van der Waals surface area contributed by atoms with Gasteiger partial charge in [-0.3, -0.25) is 0 Å². The summed E-state index contributed by atoms with van der Waals surface area (Å²) < 4.78 is 1.52. The summed E-state index contributed by atoms with van der Waals surface area (Å²) >= 11 is 0.545. The van der Waals surface area contributed by atoms with E-state index in [-0.39, 0.29) is 0 Å². The Labute approximate surface area is 169 Å². The van der Waals surface area contributed by atoms with Gasteiger partial charge in [-0.05, 0) is 0 Å². The molecule has 27 heavy (non-hydrogen) atoms. The molecule has 0 radical (unpaired) electrons. The van der Waals surface area contributed by atoms with E-state index in [4.69, 9.17) is 0 Å². The van der Waals surface area contributed by atoms with Crippen molar-refractivity contribution in [2.24, 2.45) is 5.41 Å². The van der Waals surface area contributed by atoms with Gasteiger partial charge in [-0.25, -0.2) is 0 Å². The van der Waals surface area contributed by atoms with E-state index < -0.39 is 0 Å². The van der Waals surface area contributed by atoms with E-state index in [0.717, 1.165) is 0 Å². The molecule has 3 aromatic rings. The second-order valence-corrected chi connectivity index (χ2v) is 10.9. The van der Waals surface area contributed by atoms with Crippen LogP contribution in [0.5, 0.6) is 0 Å². The first-order valence-corrected chi connectivity index (χ1v) is 12.0. The van der Waals surface area contributed by atoms with E-state index in [1.165, 1.54) is 39.1 Å². The van der Waals surface area contributed by atoms with Crippen molar-refractivity contribution in [3.05, 3.63) is 78.4 Å². The molecule has 1 aliphatic rings. The van der Waals surface area contributed by atoms with Crippen molar-refractivity contribution in [3.63, 3.8) is 0 Å². The van der Waals surface area contributed by atoms with Crippen LogP contribution in [0.3, 0.4) is 0 Å². The summed E-state index contributed by atoms with van der Waals surface area (Å²) in [5.41, 5.74) is 1.87. The Morgan fingerprint density at radius 1 is 0.963 bits per heavy atom. The van der Waals surface area contributed by atoms with Crippen LogP contribution in [0.2, 0.25) is 5.32 Å². The molecule has 0 spiro atoms. The van der Waals surface area contributed by atoms with E-state index >= 15 is 0 Å². The summed E-state index contributed by atoms with van der Waals surface area (Å²) in [6.07, 6.45) is 1.30. The molecule has 2 atom stereocenters. The molecule has 140 valence electrons. The third kappa shape index (κ3) is 4.14. The number of hydrogen-bond donors (Lipinski definition) is 0. The van der Waals surface area contributed by atoms with Gasteiger partial charge in [-0.2, -0.15) is 0 Å². The molecule has 1 nitrogen and oxygen atoms in total. The van der Waals surface area contributed by atoms with E-state index in [2.05, 4.69) is 98.5 Å². The molecule has 0 N–H and O–H groups in total. The van der Waals surface area contributed by atoms with Crippen molar-refractivity contribution in [3.8, 4) is 0 Å². The Bertz CT molecular complexity index is 897. The van der Waals surface area contributed by atoms with Crippen LogP contribution in [0, 0.1) is 5.41 Å². The average Bonchev–Trinajstić information content (AvgIpc) is 3.01. The second-order valence-electron chi connectivity index (χ2n) is 8.56. The Morgan fingerprint density at radius 3 is 2.48 bits per heavy atom. The SMILES string of the molecule is CC(c1cccc2ccccc12)N1CC(C)(C)CC1C[Se]c1ccccc1. The van der Waals surface area contributed by atoms with Crippen molar-refractivity contribution in [2.45, 2.75) is 44.6 Å². The molecular formula is C25H29NSe. The third-order valence-electron chi connectivity index (χ3n) is 5.82. The Kier molecular flexibility index (Phi) is 5.41. The molecule has 2 unspecified atom stereocenters. The first-order valence-electron chi connectivity index (χ1n) is 9.95. The molecule has 1 fully saturated rings. The summed E-state index contributed by atoms with van der Waals surface area (Å²) in [6.45, 7) is 8.47. The first-order chi connectivity index (χ1) is 13.0. The Morgan fingerprint density at radius 2 is 1.67 bits per heavy atom. The maximum atomic E-state index is 2.78. The van der Waals surface area contributed by atoms with Gasteiger partial charge in [0.25, 0.3) is 0 Å². The molecule has 3 aromatic carbocycles. The molecule has 1 aliphatic heterocycles. The van der Waals surface area contributed by atoms with Crippen LogP contribution >= 0.6 is 0 Å². The zero-order valence-electron chi connectivity index (χ0n) is 16.6. The number of hydrogen-bond acceptors (Lipinski definition) is 1. The van der Waals surface area contributed by atoms with Gasteiger partial charge in [0.1, 0.15) is 0 Å². The van der Waals surface area contributed by atoms with Crippen molar-refractivity contribution in [2.75, 3.05) is 6.54 Å². The predicted octanol–water partition coefficient (Wildman–Crippen LogP) is 5.45. The van der Waals surface area contributed by atoms with Crippen LogP contribution in [-0.4, -0.2) is 32.4 Å². The van der Waals surface area contributed by atoms with E-state index in [1.807, 2.05) is 0 Å². The first kappa shape index (κ1) is 18.7. The van der Waals surface area contributed by atoms with Gasteiger partial charge in [0, 0.05) is 0 Å². The van der Waals surface area contributed by atoms with Crippen LogP contribution in [0.4, 0.5) is 0 Å². The topological polar surface area (TPSA) is 3.24 Å². The molecular weight excluding hydrogens is 393 g/mol. The minimum absolute atomic E-state index is 0.399. The second kappa shape index (κ2) is 7.79. The molecule has 1 heterocycles. The fourth-order valence-corrected chi connectivity index (χ4v) is 6.74. The Hall–Kier alpha value is -1.60. The molecule has 4 rings (SSSR count). The molecule has 0 aliphatic carbocycles. The van der Waals surface area contributed by atoms with E-state index in [9.17, 15) is 0 Å². The monoisotopic (exact) mass is 423 g/mol. The van der Waals surface area contributed by atoms with Crippen LogP contribution < -0.4 is 4.46 Å². The molecule has 0 amide bonds. The van der Waals surface area contributed by atoms with Crippen LogP contribution in [-0.2, 0) is 0 Å². The quantitative estimate of drug-likeness (QED) is 0.495. The number of benzene rings is 3. The van der Waals surface area contributed by atoms with Crippen molar-refractivity contribution < 1.29 is 0 Å². The summed E-state index contributed by atoms with van der Waals surface area (Å²) in [7, 11) is 0. The average molecular weight is 422 g/mol. The number of fused-ring (bicyclic) bond motifs is 1. The van der Waals surface area contributed by atoms with Crippen molar-refractivity contribution >= 4 is 30.2 Å². The van der Waals surface area contributed by atoms with Gasteiger partial charge in [-0.15, -0.1) is 0 Å². The molecule has 1 saturated heterocycles. The summed E-state index contributed by atoms with van der Waals surface area (Å²) in [5.74, 6) is 0. The normalized spacial score (nSPS) is 20.8. The maximum absolute atomic E-state index is 2.78. The zero-order chi connectivity index (χ0) is 18.9. The van der Waals surface area contributed by atoms with Gasteiger partial charge in [0.05, 0.1) is 0 Å². The van der Waals surface area contributed by atoms with Gasteiger partial charge in [-0.1, -0.05) is 0 Å². The van der Waals surface area contributed by atoms with Crippen LogP contribution in [0.25, 0.3) is 10.8 Å². The number of rotatable bonds is 5. The van der Waals surface area contributed by atoms with Gasteiger partial charge in [0.15, 0.2) is 0 Å². The van der Waals surface area contributed by atoms with Gasteiger partial charge >= 0.3 is 170 Å². The van der Waals surface area contributed by atoms with E-state index in [0.29, 0.717) is 32.5 Å². The van der Waals surface area contributed by atoms with Crippen LogP contribution in [0.1, 0.15) is 38.8 Å². The number of nitrogens with zero attached hydrogens (tertiary/aromatic N) is 1.